The highest BCUT2D eigenvalue weighted by molar-refractivity contribution is 5.72. The number of aliphatic hydroxyl groups excluding tert-OH is 1. The highest BCUT2D eigenvalue weighted by atomic mass is 16.5. The Morgan fingerprint density at radius 2 is 1.71 bits per heavy atom. The zero-order chi connectivity index (χ0) is 11.8. The lowest BCUT2D eigenvalue weighted by Gasteiger charge is -2.01. The summed E-state index contributed by atoms with van der Waals surface area (Å²) in [5.74, 6) is -0.0624. The molecule has 0 aliphatic carbocycles. The third kappa shape index (κ3) is 30.1. The summed E-state index contributed by atoms with van der Waals surface area (Å²) in [6.07, 6.45) is 0. The van der Waals surface area contributed by atoms with Crippen LogP contribution in [0.1, 0.15) is 34.6 Å². The second-order valence-corrected chi connectivity index (χ2v) is 1.82. The van der Waals surface area contributed by atoms with Crippen molar-refractivity contribution in [3.63, 3.8) is 0 Å². The molecule has 0 unspecified atom stereocenters. The van der Waals surface area contributed by atoms with E-state index >= 15 is 0 Å². The van der Waals surface area contributed by atoms with Crippen LogP contribution < -0.4 is 5.32 Å². The largest absolute Gasteiger partial charge is 0.394 e. The molecule has 0 aromatic carbocycles. The Balaban J connectivity index is -0.000000266. The summed E-state index contributed by atoms with van der Waals surface area (Å²) in [7, 11) is 0. The normalized spacial score (nSPS) is 7.57. The van der Waals surface area contributed by atoms with Crippen LogP contribution in [0.3, 0.4) is 0 Å². The zero-order valence-corrected chi connectivity index (χ0v) is 10.1. The first-order chi connectivity index (χ1) is 6.77. The van der Waals surface area contributed by atoms with E-state index in [1.165, 1.54) is 6.92 Å². The van der Waals surface area contributed by atoms with E-state index in [1.54, 1.807) is 0 Å². The predicted octanol–water partition coefficient (Wildman–Crippen LogP) is 1.18. The molecular formula is C10H25NO3. The Morgan fingerprint density at radius 1 is 1.21 bits per heavy atom. The molecule has 0 heterocycles. The van der Waals surface area contributed by atoms with Crippen molar-refractivity contribution in [2.75, 3.05) is 26.4 Å². The summed E-state index contributed by atoms with van der Waals surface area (Å²) >= 11 is 0. The molecule has 0 fully saturated rings. The van der Waals surface area contributed by atoms with Crippen molar-refractivity contribution in [3.05, 3.63) is 0 Å². The molecule has 1 amide bonds. The standard InChI is InChI=1S/C6H13NO3.2C2H6/c1-6(9)7-2-4-10-5-3-8;2*1-2/h8H,2-5H2,1H3,(H,7,9);2*1-2H3. The SMILES string of the molecule is CC.CC.CC(=O)NCCOCCO. The van der Waals surface area contributed by atoms with Gasteiger partial charge in [-0.1, -0.05) is 27.7 Å². The van der Waals surface area contributed by atoms with Gasteiger partial charge in [0.1, 0.15) is 0 Å². The molecule has 0 aromatic heterocycles. The van der Waals surface area contributed by atoms with Gasteiger partial charge in [-0.05, 0) is 0 Å². The number of carbonyl (C=O) groups is 1. The van der Waals surface area contributed by atoms with Crippen molar-refractivity contribution in [2.24, 2.45) is 0 Å². The van der Waals surface area contributed by atoms with E-state index in [-0.39, 0.29) is 12.5 Å². The fourth-order valence-corrected chi connectivity index (χ4v) is 0.466. The van der Waals surface area contributed by atoms with Crippen LogP contribution in [0.4, 0.5) is 0 Å². The molecule has 0 saturated heterocycles. The van der Waals surface area contributed by atoms with Gasteiger partial charge < -0.3 is 15.2 Å². The van der Waals surface area contributed by atoms with Crippen molar-refractivity contribution >= 4 is 5.91 Å². The van der Waals surface area contributed by atoms with E-state index in [4.69, 9.17) is 9.84 Å². The Labute approximate surface area is 87.7 Å². The van der Waals surface area contributed by atoms with Gasteiger partial charge in [-0.15, -0.1) is 0 Å². The minimum absolute atomic E-state index is 0.0278. The number of aliphatic hydroxyl groups is 1. The van der Waals surface area contributed by atoms with Gasteiger partial charge in [0.05, 0.1) is 19.8 Å². The van der Waals surface area contributed by atoms with E-state index < -0.39 is 0 Å². The number of carbonyl (C=O) groups excluding carboxylic acids is 1. The number of hydrogen-bond donors (Lipinski definition) is 2. The van der Waals surface area contributed by atoms with Crippen LogP contribution in [0.5, 0.6) is 0 Å². The van der Waals surface area contributed by atoms with Gasteiger partial charge in [-0.3, -0.25) is 4.79 Å². The molecule has 0 radical (unpaired) electrons. The third-order valence-electron chi connectivity index (χ3n) is 0.856. The van der Waals surface area contributed by atoms with E-state index in [0.29, 0.717) is 19.8 Å². The second-order valence-electron chi connectivity index (χ2n) is 1.82. The van der Waals surface area contributed by atoms with Crippen molar-refractivity contribution in [2.45, 2.75) is 34.6 Å². The summed E-state index contributed by atoms with van der Waals surface area (Å²) < 4.78 is 4.87. The number of nitrogens with one attached hydrogen (secondary N) is 1. The molecule has 4 heteroatoms. The summed E-state index contributed by atoms with van der Waals surface area (Å²) in [6, 6.07) is 0. The zero-order valence-electron chi connectivity index (χ0n) is 10.1. The summed E-state index contributed by atoms with van der Waals surface area (Å²) in [4.78, 5) is 10.3. The maximum atomic E-state index is 10.3. The van der Waals surface area contributed by atoms with Crippen molar-refractivity contribution in [1.29, 1.82) is 0 Å². The van der Waals surface area contributed by atoms with Gasteiger partial charge in [0.2, 0.25) is 5.91 Å². The highest BCUT2D eigenvalue weighted by Gasteiger charge is 1.88. The van der Waals surface area contributed by atoms with Gasteiger partial charge >= 0.3 is 0 Å². The van der Waals surface area contributed by atoms with Crippen molar-refractivity contribution in [1.82, 2.24) is 5.32 Å². The smallest absolute Gasteiger partial charge is 0.216 e. The summed E-state index contributed by atoms with van der Waals surface area (Å²) in [5, 5.41) is 10.8. The summed E-state index contributed by atoms with van der Waals surface area (Å²) in [6.45, 7) is 10.8. The molecule has 0 saturated carbocycles. The number of hydrogen-bond acceptors (Lipinski definition) is 3. The van der Waals surface area contributed by atoms with Crippen LogP contribution in [0.15, 0.2) is 0 Å². The van der Waals surface area contributed by atoms with Crippen LogP contribution in [-0.2, 0) is 9.53 Å². The molecule has 88 valence electrons. The highest BCUT2D eigenvalue weighted by Crippen LogP contribution is 1.70. The maximum absolute atomic E-state index is 10.3. The first-order valence-electron chi connectivity index (χ1n) is 5.20. The van der Waals surface area contributed by atoms with Crippen molar-refractivity contribution in [3.8, 4) is 0 Å². The van der Waals surface area contributed by atoms with Crippen molar-refractivity contribution < 1.29 is 14.6 Å². The lowest BCUT2D eigenvalue weighted by Crippen LogP contribution is -2.24. The molecule has 0 aliphatic rings. The lowest BCUT2D eigenvalue weighted by molar-refractivity contribution is -0.119. The minimum atomic E-state index is -0.0624. The lowest BCUT2D eigenvalue weighted by atomic mass is 10.6. The van der Waals surface area contributed by atoms with E-state index in [2.05, 4.69) is 5.32 Å². The fraction of sp³-hybridized carbons (Fsp3) is 0.900. The Hall–Kier alpha value is -0.610. The van der Waals surface area contributed by atoms with Crippen LogP contribution in [0.25, 0.3) is 0 Å². The topological polar surface area (TPSA) is 58.6 Å². The Kier molecular flexibility index (Phi) is 31.1. The van der Waals surface area contributed by atoms with Gasteiger partial charge in [-0.2, -0.15) is 0 Å². The second kappa shape index (κ2) is 22.8. The van der Waals surface area contributed by atoms with Gasteiger partial charge in [0, 0.05) is 13.5 Å². The van der Waals surface area contributed by atoms with Gasteiger partial charge in [0.15, 0.2) is 0 Å². The van der Waals surface area contributed by atoms with Gasteiger partial charge in [-0.25, -0.2) is 0 Å². The monoisotopic (exact) mass is 207 g/mol. The molecule has 0 bridgehead atoms. The average Bonchev–Trinajstić information content (AvgIpc) is 2.23. The number of rotatable bonds is 5. The maximum Gasteiger partial charge on any atom is 0.216 e. The molecule has 2 N–H and O–H groups in total. The van der Waals surface area contributed by atoms with E-state index in [0.717, 1.165) is 0 Å². The number of ether oxygens (including phenoxy) is 1. The quantitative estimate of drug-likeness (QED) is 0.666. The van der Waals surface area contributed by atoms with E-state index in [9.17, 15) is 4.79 Å². The first kappa shape index (κ1) is 19.0. The molecular weight excluding hydrogens is 182 g/mol. The third-order valence-corrected chi connectivity index (χ3v) is 0.856. The fourth-order valence-electron chi connectivity index (χ4n) is 0.466. The predicted molar refractivity (Wildman–Crippen MR) is 59.3 cm³/mol. The van der Waals surface area contributed by atoms with Crippen LogP contribution in [0.2, 0.25) is 0 Å². The molecule has 4 nitrogen and oxygen atoms in total. The van der Waals surface area contributed by atoms with Crippen LogP contribution >= 0.6 is 0 Å². The number of amides is 1. The average molecular weight is 207 g/mol. The van der Waals surface area contributed by atoms with Gasteiger partial charge in [0.25, 0.3) is 0 Å². The molecule has 0 aromatic rings. The molecule has 0 rings (SSSR count). The molecule has 14 heavy (non-hydrogen) atoms. The van der Waals surface area contributed by atoms with Crippen LogP contribution in [-0.4, -0.2) is 37.4 Å². The summed E-state index contributed by atoms with van der Waals surface area (Å²) in [5.41, 5.74) is 0. The first-order valence-corrected chi connectivity index (χ1v) is 5.20. The van der Waals surface area contributed by atoms with E-state index in [1.807, 2.05) is 27.7 Å². The Bertz CT molecular complexity index is 97.4. The molecule has 0 spiro atoms. The van der Waals surface area contributed by atoms with Crippen LogP contribution in [0, 0.1) is 0 Å². The minimum Gasteiger partial charge on any atom is -0.394 e. The molecule has 0 aliphatic heterocycles. The molecule has 0 atom stereocenters. The Morgan fingerprint density at radius 3 is 2.07 bits per heavy atom.